The number of unbranched alkanes of at least 4 members (excludes halogenated alkanes) is 16. The Morgan fingerprint density at radius 3 is 0.895 bits per heavy atom. The zero-order chi connectivity index (χ0) is 27.8. The molecule has 0 rings (SSSR count). The molecular weight excluding hydrogens is 456 g/mol. The van der Waals surface area contributed by atoms with E-state index in [2.05, 4.69) is 76.3 Å². The molecule has 0 radical (unpaired) electrons. The van der Waals surface area contributed by atoms with Crippen LogP contribution in [0, 0.1) is 11.8 Å². The summed E-state index contributed by atoms with van der Waals surface area (Å²) in [5.41, 5.74) is 0. The van der Waals surface area contributed by atoms with Gasteiger partial charge in [0.25, 0.3) is 0 Å². The van der Waals surface area contributed by atoms with Gasteiger partial charge >= 0.3 is 0 Å². The van der Waals surface area contributed by atoms with E-state index in [0.29, 0.717) is 0 Å². The van der Waals surface area contributed by atoms with Crippen molar-refractivity contribution in [2.75, 3.05) is 0 Å². The van der Waals surface area contributed by atoms with E-state index < -0.39 is 0 Å². The Bertz CT molecular complexity index is 500. The SMILES string of the molecule is CC/C=C/CCCCCCCCC/C=C/CCC(CC/C=C/CCCCCCCCC/C=C/CC)C(C)C. The first-order valence-electron chi connectivity index (χ1n) is 17.3. The summed E-state index contributed by atoms with van der Waals surface area (Å²) in [6, 6.07) is 0. The van der Waals surface area contributed by atoms with Gasteiger partial charge in [0.1, 0.15) is 0 Å². The largest absolute Gasteiger partial charge is 0.0888 e. The van der Waals surface area contributed by atoms with Crippen LogP contribution in [0.25, 0.3) is 0 Å². The molecule has 0 N–H and O–H groups in total. The van der Waals surface area contributed by atoms with Gasteiger partial charge in [-0.3, -0.25) is 0 Å². The predicted molar refractivity (Wildman–Crippen MR) is 177 cm³/mol. The maximum absolute atomic E-state index is 2.47. The summed E-state index contributed by atoms with van der Waals surface area (Å²) >= 11 is 0. The minimum absolute atomic E-state index is 0.808. The van der Waals surface area contributed by atoms with Crippen LogP contribution in [-0.2, 0) is 0 Å². The summed E-state index contributed by atoms with van der Waals surface area (Å²) in [6.07, 6.45) is 51.7. The van der Waals surface area contributed by atoms with Crippen LogP contribution in [0.5, 0.6) is 0 Å². The van der Waals surface area contributed by atoms with Gasteiger partial charge in [-0.1, -0.05) is 141 Å². The number of hydrogen-bond acceptors (Lipinski definition) is 0. The Hall–Kier alpha value is -1.04. The van der Waals surface area contributed by atoms with Gasteiger partial charge in [0.2, 0.25) is 0 Å². The molecule has 0 aromatic rings. The van der Waals surface area contributed by atoms with E-state index in [1.54, 1.807) is 0 Å². The molecule has 0 fully saturated rings. The highest BCUT2D eigenvalue weighted by Crippen LogP contribution is 2.23. The summed E-state index contributed by atoms with van der Waals surface area (Å²) in [7, 11) is 0. The average Bonchev–Trinajstić information content (AvgIpc) is 2.91. The molecule has 0 atom stereocenters. The van der Waals surface area contributed by atoms with E-state index in [1.807, 2.05) is 0 Å². The van der Waals surface area contributed by atoms with Crippen molar-refractivity contribution in [1.82, 2.24) is 0 Å². The Morgan fingerprint density at radius 1 is 0.342 bits per heavy atom. The summed E-state index contributed by atoms with van der Waals surface area (Å²) < 4.78 is 0. The van der Waals surface area contributed by atoms with E-state index in [4.69, 9.17) is 0 Å². The number of rotatable bonds is 29. The highest BCUT2D eigenvalue weighted by atomic mass is 14.2. The standard InChI is InChI=1S/C38H70/c1-5-7-9-11-13-15-17-19-21-23-25-27-29-31-33-35-38(37(3)4)36-34-32-30-28-26-24-22-20-18-16-14-12-10-8-6-2/h7-10,29-32,37-38H,5-6,11-28,33-36H2,1-4H3/b9-7+,10-8+,31-29+,32-30+. The monoisotopic (exact) mass is 527 g/mol. The molecular formula is C38H70. The Balaban J connectivity index is 3.57. The Labute approximate surface area is 241 Å². The maximum Gasteiger partial charge on any atom is -0.0348 e. The van der Waals surface area contributed by atoms with E-state index >= 15 is 0 Å². The van der Waals surface area contributed by atoms with Crippen LogP contribution in [0.1, 0.15) is 182 Å². The summed E-state index contributed by atoms with van der Waals surface area (Å²) in [4.78, 5) is 0. The highest BCUT2D eigenvalue weighted by Gasteiger charge is 2.11. The molecule has 0 aromatic heterocycles. The van der Waals surface area contributed by atoms with E-state index in [9.17, 15) is 0 Å². The molecule has 0 saturated carbocycles. The Morgan fingerprint density at radius 2 is 0.605 bits per heavy atom. The summed E-state index contributed by atoms with van der Waals surface area (Å²) in [5, 5.41) is 0. The van der Waals surface area contributed by atoms with Crippen LogP contribution in [0.2, 0.25) is 0 Å². The maximum atomic E-state index is 2.47. The molecule has 222 valence electrons. The molecule has 38 heavy (non-hydrogen) atoms. The molecule has 0 amide bonds. The quantitative estimate of drug-likeness (QED) is 0.0671. The van der Waals surface area contributed by atoms with E-state index in [0.717, 1.165) is 11.8 Å². The van der Waals surface area contributed by atoms with Gasteiger partial charge in [-0.15, -0.1) is 0 Å². The molecule has 0 spiro atoms. The molecule has 0 heteroatoms. The third-order valence-corrected chi connectivity index (χ3v) is 7.97. The first kappa shape index (κ1) is 37.0. The molecule has 0 aromatic carbocycles. The third kappa shape index (κ3) is 29.5. The topological polar surface area (TPSA) is 0 Å². The smallest absolute Gasteiger partial charge is 0.0348 e. The van der Waals surface area contributed by atoms with Crippen molar-refractivity contribution in [2.24, 2.45) is 11.8 Å². The van der Waals surface area contributed by atoms with Crippen LogP contribution in [-0.4, -0.2) is 0 Å². The zero-order valence-electron chi connectivity index (χ0n) is 26.7. The van der Waals surface area contributed by atoms with Crippen molar-refractivity contribution in [3.63, 3.8) is 0 Å². The van der Waals surface area contributed by atoms with Crippen LogP contribution < -0.4 is 0 Å². The lowest BCUT2D eigenvalue weighted by Gasteiger charge is -2.19. The van der Waals surface area contributed by atoms with Crippen molar-refractivity contribution in [1.29, 1.82) is 0 Å². The van der Waals surface area contributed by atoms with Crippen LogP contribution >= 0.6 is 0 Å². The minimum Gasteiger partial charge on any atom is -0.0888 e. The van der Waals surface area contributed by atoms with Crippen molar-refractivity contribution in [3.8, 4) is 0 Å². The van der Waals surface area contributed by atoms with Gasteiger partial charge in [-0.05, 0) is 102 Å². The lowest BCUT2D eigenvalue weighted by atomic mass is 9.87. The zero-order valence-corrected chi connectivity index (χ0v) is 26.7. The molecule has 0 nitrogen and oxygen atoms in total. The molecule has 0 aliphatic carbocycles. The predicted octanol–water partition coefficient (Wildman–Crippen LogP) is 13.9. The second-order valence-electron chi connectivity index (χ2n) is 12.0. The third-order valence-electron chi connectivity index (χ3n) is 7.97. The molecule has 0 aliphatic heterocycles. The molecule has 0 heterocycles. The van der Waals surface area contributed by atoms with Crippen molar-refractivity contribution < 1.29 is 0 Å². The van der Waals surface area contributed by atoms with Gasteiger partial charge in [-0.2, -0.15) is 0 Å². The lowest BCUT2D eigenvalue weighted by molar-refractivity contribution is 0.341. The second-order valence-corrected chi connectivity index (χ2v) is 12.0. The normalized spacial score (nSPS) is 12.7. The van der Waals surface area contributed by atoms with Crippen molar-refractivity contribution in [3.05, 3.63) is 48.6 Å². The van der Waals surface area contributed by atoms with Crippen molar-refractivity contribution >= 4 is 0 Å². The second kappa shape index (κ2) is 32.2. The van der Waals surface area contributed by atoms with Crippen LogP contribution in [0.3, 0.4) is 0 Å². The van der Waals surface area contributed by atoms with Gasteiger partial charge < -0.3 is 0 Å². The fourth-order valence-corrected chi connectivity index (χ4v) is 5.29. The molecule has 0 saturated heterocycles. The number of hydrogen-bond donors (Lipinski definition) is 0. The number of allylic oxidation sites excluding steroid dienone is 8. The minimum atomic E-state index is 0.808. The van der Waals surface area contributed by atoms with Gasteiger partial charge in [-0.25, -0.2) is 0 Å². The first-order valence-corrected chi connectivity index (χ1v) is 17.3. The molecule has 0 bridgehead atoms. The van der Waals surface area contributed by atoms with E-state index in [-0.39, 0.29) is 0 Å². The van der Waals surface area contributed by atoms with Gasteiger partial charge in [0, 0.05) is 0 Å². The molecule has 0 unspecified atom stereocenters. The van der Waals surface area contributed by atoms with Crippen molar-refractivity contribution in [2.45, 2.75) is 182 Å². The van der Waals surface area contributed by atoms with E-state index in [1.165, 1.54) is 154 Å². The first-order chi connectivity index (χ1) is 18.7. The van der Waals surface area contributed by atoms with Gasteiger partial charge in [0.05, 0.1) is 0 Å². The van der Waals surface area contributed by atoms with Gasteiger partial charge in [0.15, 0.2) is 0 Å². The lowest BCUT2D eigenvalue weighted by Crippen LogP contribution is -2.08. The fourth-order valence-electron chi connectivity index (χ4n) is 5.29. The fraction of sp³-hybridized carbons (Fsp3) is 0.789. The summed E-state index contributed by atoms with van der Waals surface area (Å²) in [5.74, 6) is 1.68. The Kier molecular flexibility index (Phi) is 31.3. The summed E-state index contributed by atoms with van der Waals surface area (Å²) in [6.45, 7) is 9.27. The average molecular weight is 527 g/mol. The van der Waals surface area contributed by atoms with Crippen LogP contribution in [0.15, 0.2) is 48.6 Å². The molecule has 0 aliphatic rings. The highest BCUT2D eigenvalue weighted by molar-refractivity contribution is 4.85. The van der Waals surface area contributed by atoms with Crippen LogP contribution in [0.4, 0.5) is 0 Å².